The summed E-state index contributed by atoms with van der Waals surface area (Å²) in [5, 5.41) is 9.46. The molecule has 0 saturated carbocycles. The van der Waals surface area contributed by atoms with Crippen molar-refractivity contribution in [2.75, 3.05) is 19.7 Å². The maximum absolute atomic E-state index is 14.4. The van der Waals surface area contributed by atoms with E-state index in [2.05, 4.69) is 14.5 Å². The number of likely N-dealkylation sites (tertiary alicyclic amines) is 1. The van der Waals surface area contributed by atoms with Crippen molar-refractivity contribution in [3.63, 3.8) is 0 Å². The molecule has 4 aromatic rings. The first kappa shape index (κ1) is 30.9. The molecule has 45 heavy (non-hydrogen) atoms. The molecule has 0 spiro atoms. The van der Waals surface area contributed by atoms with E-state index in [9.17, 15) is 18.7 Å². The van der Waals surface area contributed by atoms with Crippen molar-refractivity contribution in [3.05, 3.63) is 88.2 Å². The van der Waals surface area contributed by atoms with Crippen LogP contribution >= 0.6 is 11.6 Å². The zero-order valence-corrected chi connectivity index (χ0v) is 25.5. The van der Waals surface area contributed by atoms with Crippen LogP contribution in [-0.4, -0.2) is 62.4 Å². The number of allylic oxidation sites excluding steroid dienone is 1. The Kier molecular flexibility index (Phi) is 9.29. The molecule has 2 saturated heterocycles. The molecule has 2 aliphatic heterocycles. The van der Waals surface area contributed by atoms with E-state index in [1.165, 1.54) is 36.4 Å². The normalized spacial score (nSPS) is 17.8. The van der Waals surface area contributed by atoms with Gasteiger partial charge in [-0.05, 0) is 67.7 Å². The minimum atomic E-state index is -0.980. The van der Waals surface area contributed by atoms with Gasteiger partial charge < -0.3 is 23.9 Å². The van der Waals surface area contributed by atoms with Crippen LogP contribution in [0.1, 0.15) is 43.1 Å². The number of carboxylic acid groups (broad SMARTS) is 1. The molecule has 2 aliphatic rings. The Hall–Kier alpha value is -4.06. The van der Waals surface area contributed by atoms with E-state index in [-0.39, 0.29) is 41.2 Å². The first-order chi connectivity index (χ1) is 21.7. The number of hydrogen-bond donors (Lipinski definition) is 1. The van der Waals surface area contributed by atoms with Crippen LogP contribution in [0.2, 0.25) is 5.02 Å². The van der Waals surface area contributed by atoms with Crippen LogP contribution in [-0.2, 0) is 29.2 Å². The molecule has 0 amide bonds. The molecule has 1 N–H and O–H groups in total. The molecule has 1 atom stereocenters. The van der Waals surface area contributed by atoms with E-state index in [1.54, 1.807) is 6.92 Å². The number of benzene rings is 2. The van der Waals surface area contributed by atoms with E-state index in [0.717, 1.165) is 61.4 Å². The number of nitrogens with zero attached hydrogens (tertiary/aromatic N) is 4. The van der Waals surface area contributed by atoms with Crippen LogP contribution in [0.4, 0.5) is 8.78 Å². The SMILES string of the molecule is C/C(=C\C(=O)O)c1ccc2nc(CN3CCC(Oc4ccc(F)c(OCc5ccc(Cl)cc5F)n4)CC3)n(C[C@@H]3CCO3)c2c1. The highest BCUT2D eigenvalue weighted by atomic mass is 35.5. The van der Waals surface area contributed by atoms with Gasteiger partial charge in [0.1, 0.15) is 24.4 Å². The van der Waals surface area contributed by atoms with E-state index < -0.39 is 17.6 Å². The minimum Gasteiger partial charge on any atom is -0.478 e. The lowest BCUT2D eigenvalue weighted by Crippen LogP contribution is -2.39. The summed E-state index contributed by atoms with van der Waals surface area (Å²) in [7, 11) is 0. The summed E-state index contributed by atoms with van der Waals surface area (Å²) in [5.74, 6) is -1.27. The van der Waals surface area contributed by atoms with Gasteiger partial charge in [0.15, 0.2) is 5.82 Å². The van der Waals surface area contributed by atoms with E-state index in [4.69, 9.17) is 30.8 Å². The standard InChI is InChI=1S/C33H33ClF2N4O5/c1-20(14-32(41)42)21-3-6-28-29(15-21)40(17-25-10-13-43-25)30(37-28)18-39-11-8-24(9-12-39)45-31-7-5-26(35)33(38-31)44-19-22-2-4-23(34)16-27(22)36/h2-7,14-16,24-25H,8-13,17-19H2,1H3,(H,41,42)/b20-14+/t25-/m0/s1. The highest BCUT2D eigenvalue weighted by Gasteiger charge is 2.26. The Morgan fingerprint density at radius 1 is 1.09 bits per heavy atom. The maximum Gasteiger partial charge on any atom is 0.328 e. The van der Waals surface area contributed by atoms with Crippen LogP contribution in [0.25, 0.3) is 16.6 Å². The minimum absolute atomic E-state index is 0.116. The fraction of sp³-hybridized carbons (Fsp3) is 0.364. The lowest BCUT2D eigenvalue weighted by atomic mass is 10.1. The first-order valence-corrected chi connectivity index (χ1v) is 15.2. The fourth-order valence-corrected chi connectivity index (χ4v) is 5.72. The number of aliphatic carboxylic acids is 1. The number of carbonyl (C=O) groups is 1. The monoisotopic (exact) mass is 638 g/mol. The Morgan fingerprint density at radius 2 is 1.89 bits per heavy atom. The predicted molar refractivity (Wildman–Crippen MR) is 164 cm³/mol. The van der Waals surface area contributed by atoms with Gasteiger partial charge in [-0.1, -0.05) is 23.7 Å². The number of carboxylic acids is 1. The molecular formula is C33H33ClF2N4O5. The molecule has 4 heterocycles. The van der Waals surface area contributed by atoms with Gasteiger partial charge in [0, 0.05) is 42.4 Å². The van der Waals surface area contributed by atoms with Crippen molar-refractivity contribution in [1.29, 1.82) is 0 Å². The summed E-state index contributed by atoms with van der Waals surface area (Å²) >= 11 is 5.80. The van der Waals surface area contributed by atoms with Gasteiger partial charge in [-0.15, -0.1) is 0 Å². The topological polar surface area (TPSA) is 98.9 Å². The first-order valence-electron chi connectivity index (χ1n) is 14.9. The number of aromatic nitrogens is 3. The maximum atomic E-state index is 14.4. The van der Waals surface area contributed by atoms with Crippen LogP contribution < -0.4 is 9.47 Å². The van der Waals surface area contributed by atoms with Crippen LogP contribution in [0, 0.1) is 11.6 Å². The van der Waals surface area contributed by atoms with Gasteiger partial charge in [-0.25, -0.2) is 18.6 Å². The highest BCUT2D eigenvalue weighted by molar-refractivity contribution is 6.30. The van der Waals surface area contributed by atoms with Crippen molar-refractivity contribution in [2.45, 2.75) is 58.1 Å². The van der Waals surface area contributed by atoms with Crippen molar-refractivity contribution in [2.24, 2.45) is 0 Å². The summed E-state index contributed by atoms with van der Waals surface area (Å²) in [6.45, 7) is 5.19. The van der Waals surface area contributed by atoms with Gasteiger partial charge in [-0.3, -0.25) is 4.90 Å². The summed E-state index contributed by atoms with van der Waals surface area (Å²) in [4.78, 5) is 22.7. The quantitative estimate of drug-likeness (QED) is 0.192. The number of piperidine rings is 1. The second-order valence-electron chi connectivity index (χ2n) is 11.3. The van der Waals surface area contributed by atoms with Crippen molar-refractivity contribution >= 4 is 34.2 Å². The molecule has 0 unspecified atom stereocenters. The number of hydrogen-bond acceptors (Lipinski definition) is 7. The van der Waals surface area contributed by atoms with E-state index >= 15 is 0 Å². The Morgan fingerprint density at radius 3 is 2.60 bits per heavy atom. The predicted octanol–water partition coefficient (Wildman–Crippen LogP) is 6.26. The highest BCUT2D eigenvalue weighted by Crippen LogP contribution is 2.28. The summed E-state index contributed by atoms with van der Waals surface area (Å²) in [6.07, 6.45) is 3.68. The van der Waals surface area contributed by atoms with E-state index in [1.807, 2.05) is 18.2 Å². The third-order valence-corrected chi connectivity index (χ3v) is 8.39. The van der Waals surface area contributed by atoms with Gasteiger partial charge in [0.25, 0.3) is 5.88 Å². The van der Waals surface area contributed by atoms with Crippen molar-refractivity contribution in [1.82, 2.24) is 19.4 Å². The molecule has 9 nitrogen and oxygen atoms in total. The van der Waals surface area contributed by atoms with Crippen molar-refractivity contribution < 1.29 is 32.9 Å². The second kappa shape index (κ2) is 13.5. The molecule has 0 radical (unpaired) electrons. The zero-order chi connectivity index (χ0) is 31.5. The number of fused-ring (bicyclic) bond motifs is 1. The molecular weight excluding hydrogens is 606 g/mol. The average molecular weight is 639 g/mol. The van der Waals surface area contributed by atoms with Gasteiger partial charge in [-0.2, -0.15) is 4.98 Å². The molecule has 236 valence electrons. The third-order valence-electron chi connectivity index (χ3n) is 8.16. The van der Waals surface area contributed by atoms with Crippen LogP contribution in [0.5, 0.6) is 11.8 Å². The summed E-state index contributed by atoms with van der Waals surface area (Å²) < 4.78 is 48.0. The zero-order valence-electron chi connectivity index (χ0n) is 24.7. The molecule has 2 aromatic heterocycles. The lowest BCUT2D eigenvalue weighted by Gasteiger charge is -2.32. The number of rotatable bonds is 11. The summed E-state index contributed by atoms with van der Waals surface area (Å²) in [6, 6.07) is 12.7. The lowest BCUT2D eigenvalue weighted by molar-refractivity contribution is -0.131. The van der Waals surface area contributed by atoms with E-state index in [0.29, 0.717) is 18.7 Å². The molecule has 6 rings (SSSR count). The van der Waals surface area contributed by atoms with Crippen LogP contribution in [0.15, 0.2) is 54.6 Å². The van der Waals surface area contributed by atoms with Gasteiger partial charge in [0.2, 0.25) is 5.88 Å². The van der Waals surface area contributed by atoms with Gasteiger partial charge >= 0.3 is 5.97 Å². The Balaban J connectivity index is 1.09. The molecule has 0 aliphatic carbocycles. The number of pyridine rings is 1. The molecule has 2 aromatic carbocycles. The number of halogens is 3. The largest absolute Gasteiger partial charge is 0.478 e. The number of ether oxygens (including phenoxy) is 3. The third kappa shape index (κ3) is 7.43. The number of imidazole rings is 1. The smallest absolute Gasteiger partial charge is 0.328 e. The molecule has 2 fully saturated rings. The molecule has 0 bridgehead atoms. The van der Waals surface area contributed by atoms with Crippen molar-refractivity contribution in [3.8, 4) is 11.8 Å². The van der Waals surface area contributed by atoms with Crippen LogP contribution in [0.3, 0.4) is 0 Å². The average Bonchev–Trinajstić information content (AvgIpc) is 3.32. The summed E-state index contributed by atoms with van der Waals surface area (Å²) in [5.41, 5.74) is 3.55. The fourth-order valence-electron chi connectivity index (χ4n) is 5.56. The second-order valence-corrected chi connectivity index (χ2v) is 11.8. The Labute approximate surface area is 264 Å². The Bertz CT molecular complexity index is 1730. The molecule has 12 heteroatoms. The van der Waals surface area contributed by atoms with Gasteiger partial charge in [0.05, 0.1) is 30.2 Å².